The van der Waals surface area contributed by atoms with Crippen molar-refractivity contribution in [2.24, 2.45) is 23.7 Å². The molecule has 47 heavy (non-hydrogen) atoms. The Morgan fingerprint density at radius 3 is 1.19 bits per heavy atom. The smallest absolute Gasteiger partial charge is 0.167 e. The number of benzene rings is 2. The molecule has 0 saturated heterocycles. The Bertz CT molecular complexity index is 957. The van der Waals surface area contributed by atoms with Crippen LogP contribution in [0.4, 0.5) is 0 Å². The number of ether oxygens (including phenoxy) is 2. The van der Waals surface area contributed by atoms with Crippen LogP contribution in [0, 0.1) is 23.7 Å². The molecule has 2 aromatic carbocycles. The Kier molecular flexibility index (Phi) is 23.9. The van der Waals surface area contributed by atoms with Gasteiger partial charge in [0.1, 0.15) is 11.5 Å². The number of hydrogen-bond donors (Lipinski definition) is 0. The summed E-state index contributed by atoms with van der Waals surface area (Å²) >= 11 is 11.5. The maximum Gasteiger partial charge on any atom is 0.167 e. The van der Waals surface area contributed by atoms with Crippen molar-refractivity contribution in [2.45, 2.75) is 163 Å². The van der Waals surface area contributed by atoms with Gasteiger partial charge in [0.2, 0.25) is 0 Å². The van der Waals surface area contributed by atoms with E-state index in [-0.39, 0.29) is 0 Å². The molecule has 2 aromatic rings. The Morgan fingerprint density at radius 2 is 0.830 bits per heavy atom. The summed E-state index contributed by atoms with van der Waals surface area (Å²) in [4.78, 5) is 0. The maximum absolute atomic E-state index is 6.06. The van der Waals surface area contributed by atoms with Gasteiger partial charge in [-0.3, -0.25) is 0 Å². The second-order valence-electron chi connectivity index (χ2n) is 13.9. The predicted molar refractivity (Wildman–Crippen MR) is 213 cm³/mol. The molecule has 0 fully saturated rings. The fourth-order valence-corrected chi connectivity index (χ4v) is 7.78. The molecule has 264 valence electrons. The molecule has 0 aliphatic carbocycles. The van der Waals surface area contributed by atoms with Crippen LogP contribution in [0.5, 0.6) is 11.5 Å². The van der Waals surface area contributed by atoms with E-state index >= 15 is 0 Å². The lowest BCUT2D eigenvalue weighted by Crippen LogP contribution is -2.24. The third-order valence-electron chi connectivity index (χ3n) is 10.2. The van der Waals surface area contributed by atoms with E-state index in [2.05, 4.69) is 27.7 Å². The van der Waals surface area contributed by atoms with Gasteiger partial charge in [-0.25, -0.2) is 0 Å². The highest BCUT2D eigenvalue weighted by Crippen LogP contribution is 2.39. The number of hydrogen-bond acceptors (Lipinski definition) is 4. The second kappa shape index (κ2) is 27.1. The van der Waals surface area contributed by atoms with Crippen LogP contribution in [0.2, 0.25) is 0 Å². The SMILES string of the molecule is CCCCCCCCC(CC(CCCCCCCC)C(CC)CCC(=S)Oc1ccccc1)C(CC)CCC(=S)Oc1ccccc1. The van der Waals surface area contributed by atoms with Crippen molar-refractivity contribution in [2.75, 3.05) is 0 Å². The first-order valence-electron chi connectivity index (χ1n) is 19.5. The zero-order valence-electron chi connectivity index (χ0n) is 30.6. The highest BCUT2D eigenvalue weighted by molar-refractivity contribution is 7.80. The topological polar surface area (TPSA) is 18.5 Å². The minimum absolute atomic E-state index is 0.676. The first-order chi connectivity index (χ1) is 23.0. The van der Waals surface area contributed by atoms with Crippen molar-refractivity contribution in [3.63, 3.8) is 0 Å². The average Bonchev–Trinajstić information content (AvgIpc) is 3.08. The number of para-hydroxylation sites is 2. The molecule has 4 heteroatoms. The van der Waals surface area contributed by atoms with Gasteiger partial charge in [0.25, 0.3) is 0 Å². The van der Waals surface area contributed by atoms with Gasteiger partial charge in [0.15, 0.2) is 10.1 Å². The van der Waals surface area contributed by atoms with Gasteiger partial charge in [-0.2, -0.15) is 0 Å². The summed E-state index contributed by atoms with van der Waals surface area (Å²) in [5, 5.41) is 1.46. The Labute approximate surface area is 301 Å². The van der Waals surface area contributed by atoms with Crippen molar-refractivity contribution in [1.82, 2.24) is 0 Å². The van der Waals surface area contributed by atoms with Crippen LogP contribution in [0.1, 0.15) is 163 Å². The minimum atomic E-state index is 0.676. The van der Waals surface area contributed by atoms with E-state index in [4.69, 9.17) is 33.9 Å². The van der Waals surface area contributed by atoms with Gasteiger partial charge in [0.05, 0.1) is 0 Å². The standard InChI is InChI=1S/C43H68O2S2/c1-5-9-11-13-15-19-25-38(36(7-3)31-33-42(46)44-40-27-21-17-22-28-40)35-39(26-20-16-14-12-10-6-2)37(8-4)32-34-43(47)45-41-29-23-18-24-30-41/h17-18,21-24,27-30,36-39H,5-16,19-20,25-26,31-35H2,1-4H3. The molecule has 0 aliphatic heterocycles. The normalized spacial score (nSPS) is 13.9. The molecule has 0 radical (unpaired) electrons. The first-order valence-corrected chi connectivity index (χ1v) is 20.3. The van der Waals surface area contributed by atoms with Crippen molar-refractivity contribution in [3.05, 3.63) is 60.7 Å². The van der Waals surface area contributed by atoms with Crippen LogP contribution in [-0.2, 0) is 0 Å². The fraction of sp³-hybridized carbons (Fsp3) is 0.674. The Morgan fingerprint density at radius 1 is 0.468 bits per heavy atom. The van der Waals surface area contributed by atoms with Gasteiger partial charge in [-0.05, 0) is 91.6 Å². The molecule has 0 saturated carbocycles. The van der Waals surface area contributed by atoms with Crippen LogP contribution >= 0.6 is 24.4 Å². The van der Waals surface area contributed by atoms with Gasteiger partial charge in [-0.15, -0.1) is 0 Å². The van der Waals surface area contributed by atoms with E-state index in [1.165, 1.54) is 109 Å². The summed E-state index contributed by atoms with van der Waals surface area (Å²) in [7, 11) is 0. The molecule has 4 unspecified atom stereocenters. The Balaban J connectivity index is 2.12. The third kappa shape index (κ3) is 19.1. The summed E-state index contributed by atoms with van der Waals surface area (Å²) in [6, 6.07) is 20.1. The highest BCUT2D eigenvalue weighted by atomic mass is 32.1. The minimum Gasteiger partial charge on any atom is -0.450 e. The zero-order valence-corrected chi connectivity index (χ0v) is 32.2. The number of rotatable bonds is 28. The van der Waals surface area contributed by atoms with Gasteiger partial charge < -0.3 is 9.47 Å². The summed E-state index contributed by atoms with van der Waals surface area (Å²) in [6.45, 7) is 9.42. The lowest BCUT2D eigenvalue weighted by Gasteiger charge is -2.34. The zero-order chi connectivity index (χ0) is 34.0. The number of unbranched alkanes of at least 4 members (excludes halogenated alkanes) is 10. The predicted octanol–water partition coefficient (Wildman–Crippen LogP) is 14.5. The molecule has 4 atom stereocenters. The van der Waals surface area contributed by atoms with Crippen LogP contribution in [0.15, 0.2) is 60.7 Å². The third-order valence-corrected chi connectivity index (χ3v) is 10.8. The quantitative estimate of drug-likeness (QED) is 0.0657. The molecule has 2 nitrogen and oxygen atoms in total. The van der Waals surface area contributed by atoms with Crippen molar-refractivity contribution in [1.29, 1.82) is 0 Å². The molecular formula is C43H68O2S2. The summed E-state index contributed by atoms with van der Waals surface area (Å²) in [5.41, 5.74) is 0. The van der Waals surface area contributed by atoms with E-state index in [0.29, 0.717) is 11.8 Å². The highest BCUT2D eigenvalue weighted by Gasteiger charge is 2.28. The van der Waals surface area contributed by atoms with Gasteiger partial charge in [0, 0.05) is 12.8 Å². The van der Waals surface area contributed by atoms with E-state index in [1.54, 1.807) is 0 Å². The molecule has 0 heterocycles. The average molecular weight is 681 g/mol. The fourth-order valence-electron chi connectivity index (χ4n) is 7.35. The molecule has 0 spiro atoms. The van der Waals surface area contributed by atoms with E-state index in [1.807, 2.05) is 60.7 Å². The van der Waals surface area contributed by atoms with Crippen molar-refractivity contribution >= 4 is 34.5 Å². The molecule has 0 N–H and O–H groups in total. The first kappa shape index (κ1) is 41.4. The molecular weight excluding hydrogens is 613 g/mol. The molecule has 0 amide bonds. The van der Waals surface area contributed by atoms with E-state index in [9.17, 15) is 0 Å². The van der Waals surface area contributed by atoms with Crippen LogP contribution in [0.25, 0.3) is 0 Å². The maximum atomic E-state index is 6.06. The van der Waals surface area contributed by atoms with Crippen molar-refractivity contribution in [3.8, 4) is 11.5 Å². The van der Waals surface area contributed by atoms with E-state index < -0.39 is 0 Å². The number of thiocarbonyl (C=S) groups is 2. The van der Waals surface area contributed by atoms with Gasteiger partial charge >= 0.3 is 0 Å². The molecule has 0 bridgehead atoms. The largest absolute Gasteiger partial charge is 0.450 e. The second-order valence-corrected chi connectivity index (χ2v) is 14.8. The lowest BCUT2D eigenvalue weighted by molar-refractivity contribution is 0.172. The molecule has 2 rings (SSSR count). The summed E-state index contributed by atoms with van der Waals surface area (Å²) in [5.74, 6) is 4.53. The van der Waals surface area contributed by atoms with Gasteiger partial charge in [-0.1, -0.05) is 167 Å². The lowest BCUT2D eigenvalue weighted by atomic mass is 9.72. The summed E-state index contributed by atoms with van der Waals surface area (Å²) in [6.07, 6.45) is 26.7. The Hall–Kier alpha value is -1.78. The van der Waals surface area contributed by atoms with Crippen molar-refractivity contribution < 1.29 is 9.47 Å². The molecule has 0 aliphatic rings. The molecule has 0 aromatic heterocycles. The van der Waals surface area contributed by atoms with E-state index in [0.717, 1.165) is 59.1 Å². The van der Waals surface area contributed by atoms with Crippen LogP contribution < -0.4 is 9.47 Å². The monoisotopic (exact) mass is 680 g/mol. The van der Waals surface area contributed by atoms with Crippen LogP contribution in [-0.4, -0.2) is 10.1 Å². The van der Waals surface area contributed by atoms with Crippen LogP contribution in [0.3, 0.4) is 0 Å². The summed E-state index contributed by atoms with van der Waals surface area (Å²) < 4.78 is 12.1.